The van der Waals surface area contributed by atoms with E-state index in [4.69, 9.17) is 14.6 Å². The third-order valence-corrected chi connectivity index (χ3v) is 8.76. The number of ether oxygens (including phenoxy) is 2. The van der Waals surface area contributed by atoms with Crippen molar-refractivity contribution in [1.82, 2.24) is 4.57 Å². The maximum atomic E-state index is 13.7. The van der Waals surface area contributed by atoms with Gasteiger partial charge in [0.15, 0.2) is 15.3 Å². The number of benzene rings is 2. The van der Waals surface area contributed by atoms with Crippen LogP contribution in [0, 0.1) is 3.57 Å². The van der Waals surface area contributed by atoms with Gasteiger partial charge in [0.1, 0.15) is 11.5 Å². The average molecular weight is 613 g/mol. The van der Waals surface area contributed by atoms with Crippen molar-refractivity contribution >= 4 is 52.0 Å². The van der Waals surface area contributed by atoms with E-state index >= 15 is 0 Å². The molecule has 0 unspecified atom stereocenters. The SMILES string of the molecule is C=Ic1ccc(OCCC)c2c1c(=O)c(-c1ccc(OC)cc1)cn2CCS(=O)(=O)CCC(=O)O. The number of carbonyl (C=O) groups is 1. The van der Waals surface area contributed by atoms with Gasteiger partial charge in [-0.15, -0.1) is 0 Å². The molecule has 0 amide bonds. The van der Waals surface area contributed by atoms with Crippen molar-refractivity contribution in [2.24, 2.45) is 0 Å². The maximum absolute atomic E-state index is 13.7. The summed E-state index contributed by atoms with van der Waals surface area (Å²) in [6.07, 6.45) is 1.97. The predicted molar refractivity (Wildman–Crippen MR) is 147 cm³/mol. The minimum atomic E-state index is -3.63. The van der Waals surface area contributed by atoms with Gasteiger partial charge in [0.2, 0.25) is 0 Å². The van der Waals surface area contributed by atoms with Crippen LogP contribution in [0.1, 0.15) is 19.8 Å². The fraction of sp³-hybridized carbons (Fsp3) is 0.320. The molecular weight excluding hydrogens is 585 g/mol. The molecule has 188 valence electrons. The minimum Gasteiger partial charge on any atom is -0.497 e. The molecule has 10 heteroatoms. The number of sulfone groups is 1. The average Bonchev–Trinajstić information content (AvgIpc) is 2.85. The van der Waals surface area contributed by atoms with Gasteiger partial charge >= 0.3 is 5.97 Å². The van der Waals surface area contributed by atoms with Crippen molar-refractivity contribution in [3.05, 3.63) is 56.4 Å². The van der Waals surface area contributed by atoms with Crippen LogP contribution in [0.25, 0.3) is 22.0 Å². The number of rotatable bonds is 12. The van der Waals surface area contributed by atoms with Crippen molar-refractivity contribution in [2.75, 3.05) is 25.2 Å². The van der Waals surface area contributed by atoms with E-state index in [1.807, 2.05) is 13.0 Å². The maximum Gasteiger partial charge on any atom is 0.304 e. The summed E-state index contributed by atoms with van der Waals surface area (Å²) in [4.78, 5) is 24.6. The zero-order valence-corrected chi connectivity index (χ0v) is 22.6. The summed E-state index contributed by atoms with van der Waals surface area (Å²) in [5.41, 5.74) is 1.47. The highest BCUT2D eigenvalue weighted by Gasteiger charge is 2.20. The Bertz CT molecular complexity index is 1400. The molecule has 8 nitrogen and oxygen atoms in total. The lowest BCUT2D eigenvalue weighted by atomic mass is 10.0. The van der Waals surface area contributed by atoms with Crippen molar-refractivity contribution in [2.45, 2.75) is 26.3 Å². The fourth-order valence-electron chi connectivity index (χ4n) is 3.64. The number of aliphatic carboxylic acids is 1. The van der Waals surface area contributed by atoms with Crippen molar-refractivity contribution < 1.29 is 27.8 Å². The van der Waals surface area contributed by atoms with Gasteiger partial charge in [0, 0.05) is 21.9 Å². The lowest BCUT2D eigenvalue weighted by Crippen LogP contribution is -2.21. The summed E-state index contributed by atoms with van der Waals surface area (Å²) in [6, 6.07) is 10.8. The molecule has 0 aliphatic carbocycles. The molecule has 0 saturated carbocycles. The second-order valence-corrected chi connectivity index (χ2v) is 12.1. The first-order chi connectivity index (χ1) is 16.7. The highest BCUT2D eigenvalue weighted by molar-refractivity contribution is 14.2. The van der Waals surface area contributed by atoms with E-state index in [2.05, 4.69) is 4.51 Å². The number of pyridine rings is 1. The zero-order chi connectivity index (χ0) is 25.6. The Hall–Kier alpha value is -2.73. The summed E-state index contributed by atoms with van der Waals surface area (Å²) in [6.45, 7) is 2.46. The molecule has 0 saturated heterocycles. The van der Waals surface area contributed by atoms with Crippen LogP contribution in [0.2, 0.25) is 0 Å². The molecule has 0 aliphatic rings. The fourth-order valence-corrected chi connectivity index (χ4v) is 6.12. The van der Waals surface area contributed by atoms with E-state index in [1.165, 1.54) is 0 Å². The molecule has 1 heterocycles. The molecule has 3 rings (SSSR count). The highest BCUT2D eigenvalue weighted by atomic mass is 127. The van der Waals surface area contributed by atoms with Crippen LogP contribution in [0.5, 0.6) is 11.5 Å². The molecule has 0 fully saturated rings. The number of aromatic nitrogens is 1. The summed E-state index contributed by atoms with van der Waals surface area (Å²) in [5, 5.41) is 9.36. The zero-order valence-electron chi connectivity index (χ0n) is 19.6. The number of nitrogens with zero attached hydrogens (tertiary/aromatic N) is 1. The van der Waals surface area contributed by atoms with E-state index in [9.17, 15) is 18.0 Å². The quantitative estimate of drug-likeness (QED) is 0.308. The van der Waals surface area contributed by atoms with Crippen LogP contribution in [-0.2, 0) is 21.2 Å². The Morgan fingerprint density at radius 1 is 1.14 bits per heavy atom. The number of hydrogen-bond donors (Lipinski definition) is 1. The van der Waals surface area contributed by atoms with Gasteiger partial charge in [-0.25, -0.2) is 8.42 Å². The van der Waals surface area contributed by atoms with Crippen LogP contribution in [-0.4, -0.2) is 53.8 Å². The molecule has 35 heavy (non-hydrogen) atoms. The number of carboxylic acids is 1. The van der Waals surface area contributed by atoms with E-state index < -0.39 is 48.7 Å². The van der Waals surface area contributed by atoms with Gasteiger partial charge in [-0.1, -0.05) is 44.3 Å². The Morgan fingerprint density at radius 3 is 2.46 bits per heavy atom. The van der Waals surface area contributed by atoms with E-state index in [0.717, 1.165) is 9.99 Å². The van der Waals surface area contributed by atoms with Gasteiger partial charge in [-0.2, -0.15) is 0 Å². The number of carboxylic acid groups (broad SMARTS) is 1. The normalized spacial score (nSPS) is 11.5. The number of methoxy groups -OCH3 is 1. The van der Waals surface area contributed by atoms with E-state index in [0.29, 0.717) is 40.1 Å². The molecule has 2 aromatic carbocycles. The largest absolute Gasteiger partial charge is 0.497 e. The van der Waals surface area contributed by atoms with Crippen molar-refractivity contribution in [3.8, 4) is 22.6 Å². The van der Waals surface area contributed by atoms with Crippen LogP contribution < -0.4 is 14.9 Å². The van der Waals surface area contributed by atoms with Crippen LogP contribution in [0.15, 0.2) is 47.4 Å². The lowest BCUT2D eigenvalue weighted by Gasteiger charge is -2.18. The molecule has 0 radical (unpaired) electrons. The Balaban J connectivity index is 2.22. The Kier molecular flexibility index (Phi) is 9.06. The number of aryl methyl sites for hydroxylation is 1. The molecule has 0 atom stereocenters. The number of hydrogen-bond acceptors (Lipinski definition) is 6. The molecule has 0 spiro atoms. The van der Waals surface area contributed by atoms with Crippen molar-refractivity contribution in [1.29, 1.82) is 0 Å². The first-order valence-electron chi connectivity index (χ1n) is 11.0. The smallest absolute Gasteiger partial charge is 0.304 e. The lowest BCUT2D eigenvalue weighted by molar-refractivity contribution is -0.136. The summed E-state index contributed by atoms with van der Waals surface area (Å²) in [5.74, 6) is -0.718. The highest BCUT2D eigenvalue weighted by Crippen LogP contribution is 2.32. The molecule has 0 aliphatic heterocycles. The Labute approximate surface area is 214 Å². The van der Waals surface area contributed by atoms with Gasteiger partial charge in [0.05, 0.1) is 42.5 Å². The van der Waals surface area contributed by atoms with Crippen LogP contribution in [0.3, 0.4) is 0 Å². The van der Waals surface area contributed by atoms with Gasteiger partial charge in [-0.3, -0.25) is 9.59 Å². The third-order valence-electron chi connectivity index (χ3n) is 5.41. The first kappa shape index (κ1) is 26.9. The van der Waals surface area contributed by atoms with Gasteiger partial charge in [0.25, 0.3) is 0 Å². The summed E-state index contributed by atoms with van der Waals surface area (Å²) < 4.78 is 42.9. The second kappa shape index (κ2) is 11.8. The predicted octanol–water partition coefficient (Wildman–Crippen LogP) is 3.93. The third kappa shape index (κ3) is 6.49. The van der Waals surface area contributed by atoms with Crippen LogP contribution in [0.4, 0.5) is 0 Å². The molecule has 0 bridgehead atoms. The van der Waals surface area contributed by atoms with E-state index in [1.54, 1.807) is 48.2 Å². The minimum absolute atomic E-state index is 0.0449. The monoisotopic (exact) mass is 613 g/mol. The molecule has 3 aromatic rings. The summed E-state index contributed by atoms with van der Waals surface area (Å²) in [7, 11) is -2.07. The molecule has 1 N–H and O–H groups in total. The number of fused-ring (bicyclic) bond motifs is 1. The Morgan fingerprint density at radius 2 is 1.86 bits per heavy atom. The topological polar surface area (TPSA) is 112 Å². The van der Waals surface area contributed by atoms with Crippen molar-refractivity contribution in [3.63, 3.8) is 0 Å². The second-order valence-electron chi connectivity index (χ2n) is 7.84. The van der Waals surface area contributed by atoms with Crippen LogP contribution >= 0.6 is 20.7 Å². The standard InChI is InChI=1S/C25H28INO7S/c1-4-13-34-21-10-9-20(26-2)23-24(21)27(12-15-35(31,32)14-11-22(28)29)16-19(25(23)30)17-5-7-18(33-3)8-6-17/h5-10,16H,2,4,11-15H2,1,3H3,(H,28,29). The number of halogens is 1. The molecule has 1 aromatic heterocycles. The van der Waals surface area contributed by atoms with Gasteiger partial charge in [-0.05, 0) is 36.2 Å². The first-order valence-corrected chi connectivity index (χ1v) is 15.4. The molecular formula is C25H28INO7S. The summed E-state index contributed by atoms with van der Waals surface area (Å²) >= 11 is -0.708. The van der Waals surface area contributed by atoms with E-state index in [-0.39, 0.29) is 17.7 Å². The van der Waals surface area contributed by atoms with Gasteiger partial charge < -0.3 is 19.1 Å².